The number of nitrogens with zero attached hydrogens (tertiary/aromatic N) is 2. The predicted octanol–water partition coefficient (Wildman–Crippen LogP) is 3.40. The van der Waals surface area contributed by atoms with Gasteiger partial charge < -0.3 is 5.32 Å². The lowest BCUT2D eigenvalue weighted by Crippen LogP contribution is -2.14. The second kappa shape index (κ2) is 5.46. The highest BCUT2D eigenvalue weighted by Gasteiger charge is 2.30. The lowest BCUT2D eigenvalue weighted by Gasteiger charge is -2.08. The van der Waals surface area contributed by atoms with Crippen LogP contribution in [0.15, 0.2) is 36.7 Å². The molecule has 2 aromatic rings. The standard InChI is InChI=1S/C12H7ClF3N3O/c13-10-6-17-5-9(19-10)11(20)18-8-3-1-7(2-4-8)12(14,15)16/h1-6H,(H,18,20). The van der Waals surface area contributed by atoms with Gasteiger partial charge in [0.15, 0.2) is 0 Å². The van der Waals surface area contributed by atoms with Crippen molar-refractivity contribution in [3.05, 3.63) is 53.1 Å². The number of aromatic nitrogens is 2. The molecule has 0 spiro atoms. The van der Waals surface area contributed by atoms with Crippen molar-refractivity contribution in [2.24, 2.45) is 0 Å². The van der Waals surface area contributed by atoms with Crippen LogP contribution in [-0.4, -0.2) is 15.9 Å². The maximum atomic E-state index is 12.4. The SMILES string of the molecule is O=C(Nc1ccc(C(F)(F)F)cc1)c1cncc(Cl)n1. The molecule has 0 aliphatic carbocycles. The average Bonchev–Trinajstić information content (AvgIpc) is 2.38. The molecular formula is C12H7ClF3N3O. The van der Waals surface area contributed by atoms with Gasteiger partial charge in [0.1, 0.15) is 10.8 Å². The molecule has 0 radical (unpaired) electrons. The Labute approximate surface area is 116 Å². The van der Waals surface area contributed by atoms with Crippen molar-refractivity contribution < 1.29 is 18.0 Å². The minimum atomic E-state index is -4.42. The van der Waals surface area contributed by atoms with Crippen LogP contribution in [0, 0.1) is 0 Å². The number of alkyl halides is 3. The number of halogens is 4. The lowest BCUT2D eigenvalue weighted by molar-refractivity contribution is -0.137. The molecule has 104 valence electrons. The second-order valence-corrected chi connectivity index (χ2v) is 4.14. The molecule has 4 nitrogen and oxygen atoms in total. The number of carbonyl (C=O) groups excluding carboxylic acids is 1. The molecule has 1 heterocycles. The molecule has 1 N–H and O–H groups in total. The Morgan fingerprint density at radius 1 is 1.15 bits per heavy atom. The summed E-state index contributed by atoms with van der Waals surface area (Å²) >= 11 is 5.58. The van der Waals surface area contributed by atoms with E-state index >= 15 is 0 Å². The number of carbonyl (C=O) groups is 1. The third-order valence-electron chi connectivity index (χ3n) is 2.31. The Bertz CT molecular complexity index is 629. The van der Waals surface area contributed by atoms with Gasteiger partial charge >= 0.3 is 6.18 Å². The average molecular weight is 302 g/mol. The first-order valence-electron chi connectivity index (χ1n) is 5.32. The predicted molar refractivity (Wildman–Crippen MR) is 66.4 cm³/mol. The third kappa shape index (κ3) is 3.45. The molecule has 0 aliphatic rings. The topological polar surface area (TPSA) is 54.9 Å². The van der Waals surface area contributed by atoms with E-state index in [9.17, 15) is 18.0 Å². The minimum absolute atomic E-state index is 0.0302. The molecule has 0 atom stereocenters. The van der Waals surface area contributed by atoms with Gasteiger partial charge in [-0.05, 0) is 24.3 Å². The fraction of sp³-hybridized carbons (Fsp3) is 0.0833. The van der Waals surface area contributed by atoms with Crippen LogP contribution in [0.1, 0.15) is 16.1 Å². The molecule has 8 heteroatoms. The molecule has 0 unspecified atom stereocenters. The van der Waals surface area contributed by atoms with Crippen molar-refractivity contribution in [1.29, 1.82) is 0 Å². The van der Waals surface area contributed by atoms with Crippen molar-refractivity contribution in [2.75, 3.05) is 5.32 Å². The highest BCUT2D eigenvalue weighted by atomic mass is 35.5. The van der Waals surface area contributed by atoms with E-state index in [2.05, 4.69) is 15.3 Å². The van der Waals surface area contributed by atoms with E-state index in [0.717, 1.165) is 24.3 Å². The van der Waals surface area contributed by atoms with Crippen molar-refractivity contribution in [1.82, 2.24) is 9.97 Å². The van der Waals surface area contributed by atoms with Crippen molar-refractivity contribution >= 4 is 23.2 Å². The highest BCUT2D eigenvalue weighted by Crippen LogP contribution is 2.29. The van der Waals surface area contributed by atoms with E-state index < -0.39 is 17.6 Å². The summed E-state index contributed by atoms with van der Waals surface area (Å²) in [7, 11) is 0. The number of hydrogen-bond donors (Lipinski definition) is 1. The third-order valence-corrected chi connectivity index (χ3v) is 2.49. The summed E-state index contributed by atoms with van der Waals surface area (Å²) in [4.78, 5) is 19.2. The summed E-state index contributed by atoms with van der Waals surface area (Å²) in [5.74, 6) is -0.611. The summed E-state index contributed by atoms with van der Waals surface area (Å²) in [6, 6.07) is 4.05. The van der Waals surface area contributed by atoms with E-state index in [0.29, 0.717) is 0 Å². The Morgan fingerprint density at radius 3 is 2.35 bits per heavy atom. The molecule has 0 saturated heterocycles. The lowest BCUT2D eigenvalue weighted by atomic mass is 10.2. The van der Waals surface area contributed by atoms with Crippen LogP contribution in [0.25, 0.3) is 0 Å². The van der Waals surface area contributed by atoms with Crippen LogP contribution in [0.3, 0.4) is 0 Å². The fourth-order valence-corrected chi connectivity index (χ4v) is 1.54. The maximum Gasteiger partial charge on any atom is 0.416 e. The Kier molecular flexibility index (Phi) is 3.89. The molecule has 20 heavy (non-hydrogen) atoms. The Hall–Kier alpha value is -2.15. The number of amides is 1. The highest BCUT2D eigenvalue weighted by molar-refractivity contribution is 6.29. The summed E-state index contributed by atoms with van der Waals surface area (Å²) in [6.45, 7) is 0. The van der Waals surface area contributed by atoms with E-state index in [-0.39, 0.29) is 16.5 Å². The first-order chi connectivity index (χ1) is 9.36. The van der Waals surface area contributed by atoms with Crippen molar-refractivity contribution in [2.45, 2.75) is 6.18 Å². The van der Waals surface area contributed by atoms with Crippen LogP contribution >= 0.6 is 11.6 Å². The van der Waals surface area contributed by atoms with Gasteiger partial charge in [-0.15, -0.1) is 0 Å². The number of nitrogens with one attached hydrogen (secondary N) is 1. The van der Waals surface area contributed by atoms with Gasteiger partial charge in [0, 0.05) is 5.69 Å². The second-order valence-electron chi connectivity index (χ2n) is 3.76. The minimum Gasteiger partial charge on any atom is -0.321 e. The van der Waals surface area contributed by atoms with Gasteiger partial charge in [-0.1, -0.05) is 11.6 Å². The van der Waals surface area contributed by atoms with E-state index in [1.54, 1.807) is 0 Å². The first-order valence-corrected chi connectivity index (χ1v) is 5.70. The molecule has 1 amide bonds. The van der Waals surface area contributed by atoms with Gasteiger partial charge in [0.2, 0.25) is 0 Å². The smallest absolute Gasteiger partial charge is 0.321 e. The Balaban J connectivity index is 2.12. The summed E-state index contributed by atoms with van der Waals surface area (Å²) in [5, 5.41) is 2.44. The zero-order chi connectivity index (χ0) is 14.8. The van der Waals surface area contributed by atoms with E-state index in [1.165, 1.54) is 12.4 Å². The quantitative estimate of drug-likeness (QED) is 0.925. The summed E-state index contributed by atoms with van der Waals surface area (Å²) < 4.78 is 37.1. The molecular weight excluding hydrogens is 295 g/mol. The fourth-order valence-electron chi connectivity index (χ4n) is 1.39. The van der Waals surface area contributed by atoms with Gasteiger partial charge in [-0.25, -0.2) is 4.98 Å². The van der Waals surface area contributed by atoms with Gasteiger partial charge in [-0.3, -0.25) is 9.78 Å². The zero-order valence-electron chi connectivity index (χ0n) is 9.78. The molecule has 1 aromatic heterocycles. The van der Waals surface area contributed by atoms with Crippen LogP contribution in [0.5, 0.6) is 0 Å². The molecule has 1 aromatic carbocycles. The first kappa shape index (κ1) is 14.3. The monoisotopic (exact) mass is 301 g/mol. The van der Waals surface area contributed by atoms with Crippen LogP contribution in [0.4, 0.5) is 18.9 Å². The van der Waals surface area contributed by atoms with Gasteiger partial charge in [0.05, 0.1) is 18.0 Å². The summed E-state index contributed by atoms with van der Waals surface area (Å²) in [5.41, 5.74) is -0.611. The molecule has 2 rings (SSSR count). The van der Waals surface area contributed by atoms with Crippen LogP contribution in [0.2, 0.25) is 5.15 Å². The summed E-state index contributed by atoms with van der Waals surface area (Å²) in [6.07, 6.45) is -1.96. The van der Waals surface area contributed by atoms with E-state index in [1.807, 2.05) is 0 Å². The molecule has 0 aliphatic heterocycles. The van der Waals surface area contributed by atoms with Crippen molar-refractivity contribution in [3.63, 3.8) is 0 Å². The zero-order valence-corrected chi connectivity index (χ0v) is 10.5. The van der Waals surface area contributed by atoms with Gasteiger partial charge in [0.25, 0.3) is 5.91 Å². The number of anilines is 1. The normalized spacial score (nSPS) is 11.2. The number of rotatable bonds is 2. The van der Waals surface area contributed by atoms with Crippen LogP contribution < -0.4 is 5.32 Å². The number of benzene rings is 1. The van der Waals surface area contributed by atoms with Crippen LogP contribution in [-0.2, 0) is 6.18 Å². The van der Waals surface area contributed by atoms with E-state index in [4.69, 9.17) is 11.6 Å². The van der Waals surface area contributed by atoms with Crippen molar-refractivity contribution in [3.8, 4) is 0 Å². The molecule has 0 fully saturated rings. The largest absolute Gasteiger partial charge is 0.416 e. The van der Waals surface area contributed by atoms with Gasteiger partial charge in [-0.2, -0.15) is 13.2 Å². The molecule has 0 bridgehead atoms. The Morgan fingerprint density at radius 2 is 1.80 bits per heavy atom. The molecule has 0 saturated carbocycles. The number of hydrogen-bond acceptors (Lipinski definition) is 3. The maximum absolute atomic E-state index is 12.4.